The molecule has 140 valence electrons. The number of likely N-dealkylation sites (tertiary alicyclic amines) is 1. The number of nitrogens with zero attached hydrogens (tertiary/aromatic N) is 1. The van der Waals surface area contributed by atoms with Gasteiger partial charge in [0.2, 0.25) is 10.0 Å². The van der Waals surface area contributed by atoms with Gasteiger partial charge in [-0.1, -0.05) is 24.6 Å². The molecule has 6 heteroatoms. The quantitative estimate of drug-likeness (QED) is 0.717. The zero-order chi connectivity index (χ0) is 18.2. The van der Waals surface area contributed by atoms with Crippen molar-refractivity contribution in [2.75, 3.05) is 26.2 Å². The summed E-state index contributed by atoms with van der Waals surface area (Å²) in [6, 6.07) is 15.9. The van der Waals surface area contributed by atoms with Gasteiger partial charge >= 0.3 is 0 Å². The Kier molecular flexibility index (Phi) is 6.66. The van der Waals surface area contributed by atoms with Gasteiger partial charge in [-0.2, -0.15) is 0 Å². The van der Waals surface area contributed by atoms with Gasteiger partial charge in [0.25, 0.3) is 0 Å². The number of para-hydroxylation sites is 1. The van der Waals surface area contributed by atoms with Crippen LogP contribution >= 0.6 is 0 Å². The van der Waals surface area contributed by atoms with Crippen LogP contribution in [0.2, 0.25) is 0 Å². The Labute approximate surface area is 156 Å². The SMILES string of the molecule is O=S(=O)(NCCCN1CCCCC1)c1ccc(Oc2ccccc2)cc1. The lowest BCUT2D eigenvalue weighted by Crippen LogP contribution is -2.33. The van der Waals surface area contributed by atoms with Crippen LogP contribution in [0, 0.1) is 0 Å². The van der Waals surface area contributed by atoms with E-state index in [1.807, 2.05) is 30.3 Å². The summed E-state index contributed by atoms with van der Waals surface area (Å²) in [4.78, 5) is 2.67. The fraction of sp³-hybridized carbons (Fsp3) is 0.400. The summed E-state index contributed by atoms with van der Waals surface area (Å²) in [5, 5.41) is 0. The third-order valence-electron chi connectivity index (χ3n) is 4.50. The molecule has 3 rings (SSSR count). The van der Waals surface area contributed by atoms with Gasteiger partial charge in [-0.15, -0.1) is 0 Å². The lowest BCUT2D eigenvalue weighted by atomic mass is 10.1. The molecule has 0 bridgehead atoms. The van der Waals surface area contributed by atoms with E-state index >= 15 is 0 Å². The van der Waals surface area contributed by atoms with Crippen LogP contribution in [0.1, 0.15) is 25.7 Å². The maximum Gasteiger partial charge on any atom is 0.240 e. The van der Waals surface area contributed by atoms with Crippen LogP contribution in [0.5, 0.6) is 11.5 Å². The topological polar surface area (TPSA) is 58.6 Å². The molecule has 2 aromatic carbocycles. The van der Waals surface area contributed by atoms with Crippen LogP contribution < -0.4 is 9.46 Å². The summed E-state index contributed by atoms with van der Waals surface area (Å²) in [7, 11) is -3.48. The Morgan fingerprint density at radius 2 is 1.54 bits per heavy atom. The molecule has 0 aromatic heterocycles. The molecule has 1 aliphatic rings. The maximum atomic E-state index is 12.4. The lowest BCUT2D eigenvalue weighted by molar-refractivity contribution is 0.227. The molecule has 1 N–H and O–H groups in total. The molecule has 5 nitrogen and oxygen atoms in total. The van der Waals surface area contributed by atoms with E-state index in [9.17, 15) is 8.42 Å². The fourth-order valence-corrected chi connectivity index (χ4v) is 4.16. The Balaban J connectivity index is 1.48. The molecule has 26 heavy (non-hydrogen) atoms. The van der Waals surface area contributed by atoms with Crippen molar-refractivity contribution in [2.45, 2.75) is 30.6 Å². The molecule has 0 aliphatic carbocycles. The van der Waals surface area contributed by atoms with Gasteiger partial charge in [-0.3, -0.25) is 0 Å². The predicted molar refractivity (Wildman–Crippen MR) is 103 cm³/mol. The predicted octanol–water partition coefficient (Wildman–Crippen LogP) is 3.63. The molecule has 0 radical (unpaired) electrons. The molecular weight excluding hydrogens is 348 g/mol. The van der Waals surface area contributed by atoms with E-state index in [-0.39, 0.29) is 4.90 Å². The van der Waals surface area contributed by atoms with Crippen molar-refractivity contribution >= 4 is 10.0 Å². The summed E-state index contributed by atoms with van der Waals surface area (Å²) in [5.74, 6) is 1.33. The minimum absolute atomic E-state index is 0.260. The number of hydrogen-bond donors (Lipinski definition) is 1. The summed E-state index contributed by atoms with van der Waals surface area (Å²) < 4.78 is 33.2. The lowest BCUT2D eigenvalue weighted by Gasteiger charge is -2.26. The molecule has 1 fully saturated rings. The van der Waals surface area contributed by atoms with Gasteiger partial charge in [-0.05, 0) is 75.3 Å². The number of rotatable bonds is 8. The first-order valence-electron chi connectivity index (χ1n) is 9.18. The first-order valence-corrected chi connectivity index (χ1v) is 10.7. The highest BCUT2D eigenvalue weighted by Crippen LogP contribution is 2.22. The number of hydrogen-bond acceptors (Lipinski definition) is 4. The molecule has 0 unspecified atom stereocenters. The van der Waals surface area contributed by atoms with Crippen LogP contribution in [-0.2, 0) is 10.0 Å². The summed E-state index contributed by atoms with van der Waals surface area (Å²) >= 11 is 0. The van der Waals surface area contributed by atoms with Crippen molar-refractivity contribution < 1.29 is 13.2 Å². The van der Waals surface area contributed by atoms with Crippen LogP contribution in [0.4, 0.5) is 0 Å². The summed E-state index contributed by atoms with van der Waals surface area (Å²) in [6.07, 6.45) is 4.65. The maximum absolute atomic E-state index is 12.4. The fourth-order valence-electron chi connectivity index (χ4n) is 3.09. The molecule has 0 amide bonds. The number of nitrogens with one attached hydrogen (secondary N) is 1. The van der Waals surface area contributed by atoms with Gasteiger partial charge in [0, 0.05) is 6.54 Å². The van der Waals surface area contributed by atoms with Crippen molar-refractivity contribution in [3.8, 4) is 11.5 Å². The highest BCUT2D eigenvalue weighted by atomic mass is 32.2. The van der Waals surface area contributed by atoms with Crippen LogP contribution in [-0.4, -0.2) is 39.5 Å². The van der Waals surface area contributed by atoms with Gasteiger partial charge in [0.1, 0.15) is 11.5 Å². The van der Waals surface area contributed by atoms with Crippen LogP contribution in [0.25, 0.3) is 0 Å². The van der Waals surface area contributed by atoms with E-state index < -0.39 is 10.0 Å². The molecule has 2 aromatic rings. The van der Waals surface area contributed by atoms with Crippen molar-refractivity contribution in [3.63, 3.8) is 0 Å². The summed E-state index contributed by atoms with van der Waals surface area (Å²) in [6.45, 7) is 3.68. The number of sulfonamides is 1. The highest BCUT2D eigenvalue weighted by molar-refractivity contribution is 7.89. The molecule has 0 spiro atoms. The largest absolute Gasteiger partial charge is 0.457 e. The molecule has 1 aliphatic heterocycles. The van der Waals surface area contributed by atoms with E-state index in [0.717, 1.165) is 31.8 Å². The smallest absolute Gasteiger partial charge is 0.240 e. The average molecular weight is 375 g/mol. The second kappa shape index (κ2) is 9.16. The first-order chi connectivity index (χ1) is 12.6. The number of benzene rings is 2. The third kappa shape index (κ3) is 5.56. The average Bonchev–Trinajstić information content (AvgIpc) is 2.67. The van der Waals surface area contributed by atoms with Gasteiger partial charge in [-0.25, -0.2) is 13.1 Å². The monoisotopic (exact) mass is 374 g/mol. The van der Waals surface area contributed by atoms with E-state index in [4.69, 9.17) is 4.74 Å². The molecule has 1 heterocycles. The normalized spacial score (nSPS) is 15.7. The zero-order valence-corrected chi connectivity index (χ0v) is 15.7. The van der Waals surface area contributed by atoms with Crippen LogP contribution in [0.15, 0.2) is 59.5 Å². The minimum Gasteiger partial charge on any atom is -0.457 e. The molecule has 0 saturated carbocycles. The van der Waals surface area contributed by atoms with Crippen molar-refractivity contribution in [3.05, 3.63) is 54.6 Å². The van der Waals surface area contributed by atoms with E-state index in [0.29, 0.717) is 12.3 Å². The standard InChI is InChI=1S/C20H26N2O3S/c23-26(24,21-14-7-17-22-15-5-2-6-16-22)20-12-10-19(11-13-20)25-18-8-3-1-4-9-18/h1,3-4,8-13,21H,2,5-7,14-17H2. The summed E-state index contributed by atoms with van der Waals surface area (Å²) in [5.41, 5.74) is 0. The second-order valence-electron chi connectivity index (χ2n) is 6.54. The Hall–Kier alpha value is -1.89. The first kappa shape index (κ1) is 18.9. The zero-order valence-electron chi connectivity index (χ0n) is 14.9. The van der Waals surface area contributed by atoms with E-state index in [1.165, 1.54) is 19.3 Å². The number of piperidine rings is 1. The third-order valence-corrected chi connectivity index (χ3v) is 5.98. The van der Waals surface area contributed by atoms with Gasteiger partial charge in [0.05, 0.1) is 4.90 Å². The van der Waals surface area contributed by atoms with E-state index in [2.05, 4.69) is 9.62 Å². The highest BCUT2D eigenvalue weighted by Gasteiger charge is 2.14. The second-order valence-corrected chi connectivity index (χ2v) is 8.31. The Morgan fingerprint density at radius 3 is 2.23 bits per heavy atom. The number of ether oxygens (including phenoxy) is 1. The minimum atomic E-state index is -3.48. The molecule has 1 saturated heterocycles. The van der Waals surface area contributed by atoms with Gasteiger partial charge in [0.15, 0.2) is 0 Å². The van der Waals surface area contributed by atoms with Crippen molar-refractivity contribution in [1.29, 1.82) is 0 Å². The van der Waals surface area contributed by atoms with Crippen molar-refractivity contribution in [2.24, 2.45) is 0 Å². The van der Waals surface area contributed by atoms with Crippen LogP contribution in [0.3, 0.4) is 0 Å². The molecular formula is C20H26N2O3S. The van der Waals surface area contributed by atoms with Gasteiger partial charge < -0.3 is 9.64 Å². The molecule has 0 atom stereocenters. The Morgan fingerprint density at radius 1 is 0.885 bits per heavy atom. The Bertz CT molecular complexity index is 770. The van der Waals surface area contributed by atoms with E-state index in [1.54, 1.807) is 24.3 Å². The van der Waals surface area contributed by atoms with Crippen molar-refractivity contribution in [1.82, 2.24) is 9.62 Å².